The fourth-order valence-corrected chi connectivity index (χ4v) is 0.890. The monoisotopic (exact) mass is 297 g/mol. The van der Waals surface area contributed by atoms with Crippen molar-refractivity contribution in [2.45, 2.75) is 38.9 Å². The Balaban J connectivity index is -0.000000218. The molecule has 0 saturated heterocycles. The van der Waals surface area contributed by atoms with Crippen LogP contribution in [-0.4, -0.2) is 73.5 Å². The second kappa shape index (κ2) is 14.4. The Kier molecular flexibility index (Phi) is 19.1. The first-order chi connectivity index (χ1) is 7.25. The van der Waals surface area contributed by atoms with Gasteiger partial charge in [-0.3, -0.25) is 0 Å². The van der Waals surface area contributed by atoms with Crippen LogP contribution in [0.1, 0.15) is 26.7 Å². The van der Waals surface area contributed by atoms with E-state index in [1.165, 1.54) is 0 Å². The zero-order valence-corrected chi connectivity index (χ0v) is 13.0. The van der Waals surface area contributed by atoms with Gasteiger partial charge in [-0.25, -0.2) is 0 Å². The molecule has 0 spiro atoms. The molecule has 0 aromatic carbocycles. The van der Waals surface area contributed by atoms with Crippen molar-refractivity contribution < 1.29 is 27.3 Å². The van der Waals surface area contributed by atoms with Gasteiger partial charge in [-0.15, -0.1) is 0 Å². The second-order valence-electron chi connectivity index (χ2n) is 4.88. The topological polar surface area (TPSA) is 46.9 Å². The molecule has 0 aliphatic carbocycles. The summed E-state index contributed by atoms with van der Waals surface area (Å²) in [6.45, 7) is 5.56. The van der Waals surface area contributed by atoms with Crippen LogP contribution < -0.4 is 0 Å². The molecule has 0 amide bonds. The van der Waals surface area contributed by atoms with Crippen molar-refractivity contribution in [2.24, 2.45) is 0 Å². The summed E-state index contributed by atoms with van der Waals surface area (Å²) in [5.41, 5.74) is 0. The first kappa shape index (κ1) is 22.5. The molecule has 4 nitrogen and oxygen atoms in total. The molecule has 2 unspecified atom stereocenters. The van der Waals surface area contributed by atoms with Crippen molar-refractivity contribution in [2.75, 3.05) is 41.3 Å². The normalized spacial score (nSPS) is 13.8. The van der Waals surface area contributed by atoms with Crippen LogP contribution in [0.25, 0.3) is 0 Å². The molecule has 0 aliphatic heterocycles. The molecule has 17 heavy (non-hydrogen) atoms. The standard InChI is InChI=1S/2C6H15NO.Cu/c2*1-6(8)4-5-7(2)3;/h2*6,8H,4-5H2,1-3H3;. The Labute approximate surface area is 117 Å². The van der Waals surface area contributed by atoms with Crippen molar-refractivity contribution >= 4 is 0 Å². The van der Waals surface area contributed by atoms with Gasteiger partial charge in [-0.1, -0.05) is 0 Å². The van der Waals surface area contributed by atoms with E-state index in [2.05, 4.69) is 9.80 Å². The smallest absolute Gasteiger partial charge is 0.0524 e. The number of nitrogens with zero attached hydrogens (tertiary/aromatic N) is 2. The molecule has 0 aromatic rings. The van der Waals surface area contributed by atoms with Gasteiger partial charge in [0.2, 0.25) is 0 Å². The van der Waals surface area contributed by atoms with Gasteiger partial charge in [-0.05, 0) is 68.0 Å². The number of hydrogen-bond donors (Lipinski definition) is 2. The van der Waals surface area contributed by atoms with Crippen LogP contribution in [0.15, 0.2) is 0 Å². The quantitative estimate of drug-likeness (QED) is 0.706. The fraction of sp³-hybridized carbons (Fsp3) is 1.00. The average Bonchev–Trinajstić information content (AvgIpc) is 2.12. The van der Waals surface area contributed by atoms with Gasteiger partial charge < -0.3 is 20.0 Å². The van der Waals surface area contributed by atoms with Gasteiger partial charge in [0.25, 0.3) is 0 Å². The van der Waals surface area contributed by atoms with Crippen LogP contribution in [0.3, 0.4) is 0 Å². The molecular formula is C12H30CuN2O2. The first-order valence-corrected chi connectivity index (χ1v) is 5.91. The van der Waals surface area contributed by atoms with E-state index in [-0.39, 0.29) is 29.3 Å². The fourth-order valence-electron chi connectivity index (χ4n) is 0.890. The maximum Gasteiger partial charge on any atom is 0.0524 e. The molecule has 0 saturated carbocycles. The van der Waals surface area contributed by atoms with Crippen LogP contribution in [0, 0.1) is 0 Å². The van der Waals surface area contributed by atoms with Gasteiger partial charge in [0, 0.05) is 17.1 Å². The molecule has 0 heterocycles. The summed E-state index contributed by atoms with van der Waals surface area (Å²) in [5, 5.41) is 17.5. The molecule has 0 aromatic heterocycles. The minimum Gasteiger partial charge on any atom is -0.393 e. The predicted octanol–water partition coefficient (Wildman–Crippen LogP) is 0.635. The molecule has 1 radical (unpaired) electrons. The van der Waals surface area contributed by atoms with Gasteiger partial charge in [-0.2, -0.15) is 0 Å². The van der Waals surface area contributed by atoms with Crippen molar-refractivity contribution in [3.63, 3.8) is 0 Å². The molecule has 2 atom stereocenters. The Morgan fingerprint density at radius 2 is 1.00 bits per heavy atom. The molecule has 0 bridgehead atoms. The van der Waals surface area contributed by atoms with E-state index in [0.717, 1.165) is 25.9 Å². The third kappa shape index (κ3) is 31.4. The van der Waals surface area contributed by atoms with E-state index < -0.39 is 0 Å². The van der Waals surface area contributed by atoms with Gasteiger partial charge in [0.15, 0.2) is 0 Å². The second-order valence-corrected chi connectivity index (χ2v) is 4.88. The molecule has 0 fully saturated rings. The average molecular weight is 298 g/mol. The largest absolute Gasteiger partial charge is 0.393 e. The molecule has 111 valence electrons. The Bertz CT molecular complexity index is 110. The van der Waals surface area contributed by atoms with E-state index in [0.29, 0.717) is 0 Å². The third-order valence-electron chi connectivity index (χ3n) is 1.99. The SMILES string of the molecule is CC(O)CCN(C)C.CC(O)CCN(C)C.[Cu]. The molecular weight excluding hydrogens is 268 g/mol. The summed E-state index contributed by atoms with van der Waals surface area (Å²) < 4.78 is 0. The zero-order chi connectivity index (χ0) is 13.1. The minimum atomic E-state index is -0.155. The molecule has 5 heteroatoms. The minimum absolute atomic E-state index is 0. The van der Waals surface area contributed by atoms with Crippen molar-refractivity contribution in [1.29, 1.82) is 0 Å². The summed E-state index contributed by atoms with van der Waals surface area (Å²) in [7, 11) is 8.01. The summed E-state index contributed by atoms with van der Waals surface area (Å²) in [6.07, 6.45) is 1.43. The van der Waals surface area contributed by atoms with Crippen molar-refractivity contribution in [1.82, 2.24) is 9.80 Å². The number of aliphatic hydroxyl groups is 2. The Morgan fingerprint density at radius 3 is 1.06 bits per heavy atom. The maximum atomic E-state index is 8.77. The van der Waals surface area contributed by atoms with Gasteiger partial charge >= 0.3 is 0 Å². The van der Waals surface area contributed by atoms with E-state index in [4.69, 9.17) is 10.2 Å². The van der Waals surface area contributed by atoms with Gasteiger partial charge in [0.1, 0.15) is 0 Å². The van der Waals surface area contributed by atoms with E-state index in [9.17, 15) is 0 Å². The summed E-state index contributed by atoms with van der Waals surface area (Å²) in [6, 6.07) is 0. The zero-order valence-electron chi connectivity index (χ0n) is 12.1. The molecule has 0 rings (SSSR count). The van der Waals surface area contributed by atoms with Crippen LogP contribution in [0.2, 0.25) is 0 Å². The first-order valence-electron chi connectivity index (χ1n) is 5.91. The Morgan fingerprint density at radius 1 is 0.765 bits per heavy atom. The van der Waals surface area contributed by atoms with E-state index in [1.54, 1.807) is 0 Å². The van der Waals surface area contributed by atoms with E-state index >= 15 is 0 Å². The summed E-state index contributed by atoms with van der Waals surface area (Å²) in [4.78, 5) is 4.12. The van der Waals surface area contributed by atoms with Crippen molar-refractivity contribution in [3.05, 3.63) is 0 Å². The van der Waals surface area contributed by atoms with Crippen LogP contribution >= 0.6 is 0 Å². The third-order valence-corrected chi connectivity index (χ3v) is 1.99. The molecule has 0 aliphatic rings. The van der Waals surface area contributed by atoms with Crippen LogP contribution in [0.5, 0.6) is 0 Å². The predicted molar refractivity (Wildman–Crippen MR) is 69.7 cm³/mol. The number of aliphatic hydroxyl groups excluding tert-OH is 2. The van der Waals surface area contributed by atoms with Crippen LogP contribution in [-0.2, 0) is 17.1 Å². The maximum absolute atomic E-state index is 8.77. The number of hydrogen-bond acceptors (Lipinski definition) is 4. The Hall–Kier alpha value is 0.359. The van der Waals surface area contributed by atoms with E-state index in [1.807, 2.05) is 42.0 Å². The van der Waals surface area contributed by atoms with Gasteiger partial charge in [0.05, 0.1) is 12.2 Å². The van der Waals surface area contributed by atoms with Crippen molar-refractivity contribution in [3.8, 4) is 0 Å². The summed E-state index contributed by atoms with van der Waals surface area (Å²) >= 11 is 0. The molecule has 2 N–H and O–H groups in total. The number of rotatable bonds is 6. The van der Waals surface area contributed by atoms with Crippen LogP contribution in [0.4, 0.5) is 0 Å². The summed E-state index contributed by atoms with van der Waals surface area (Å²) in [5.74, 6) is 0.